The van der Waals surface area contributed by atoms with E-state index in [2.05, 4.69) is 150 Å². The van der Waals surface area contributed by atoms with Crippen LogP contribution >= 0.6 is 11.6 Å². The molecule has 0 aliphatic heterocycles. The molecule has 0 atom stereocenters. The topological polar surface area (TPSA) is 16.4 Å². The van der Waals surface area contributed by atoms with Gasteiger partial charge >= 0.3 is 0 Å². The summed E-state index contributed by atoms with van der Waals surface area (Å²) in [6.07, 6.45) is 0. The Hall–Kier alpha value is -5.57. The molecule has 0 saturated carbocycles. The molecule has 7 aromatic carbocycles. The second-order valence-corrected chi connectivity index (χ2v) is 12.3. The number of nitrogens with zero attached hydrogens (tertiary/aromatic N) is 1. The Labute approximate surface area is 272 Å². The van der Waals surface area contributed by atoms with E-state index < -0.39 is 5.41 Å². The van der Waals surface area contributed by atoms with Crippen molar-refractivity contribution in [1.82, 2.24) is 0 Å². The SMILES string of the molecule is Clc1ccc(N(c2ccc3c(c2)C(c2ccccc2)(c2ccccc2)c2ccccc2-3)c2cccc3c2oc2ccccc23)cc1. The van der Waals surface area contributed by atoms with Crippen molar-refractivity contribution in [3.8, 4) is 11.1 Å². The molecule has 218 valence electrons. The van der Waals surface area contributed by atoms with Gasteiger partial charge in [0.15, 0.2) is 5.58 Å². The van der Waals surface area contributed by atoms with E-state index in [9.17, 15) is 0 Å². The van der Waals surface area contributed by atoms with E-state index in [1.54, 1.807) is 0 Å². The lowest BCUT2D eigenvalue weighted by Crippen LogP contribution is -2.28. The van der Waals surface area contributed by atoms with Crippen molar-refractivity contribution in [3.63, 3.8) is 0 Å². The summed E-state index contributed by atoms with van der Waals surface area (Å²) in [5, 5.41) is 2.89. The smallest absolute Gasteiger partial charge is 0.159 e. The van der Waals surface area contributed by atoms with Gasteiger partial charge in [-0.2, -0.15) is 0 Å². The van der Waals surface area contributed by atoms with E-state index in [1.807, 2.05) is 24.3 Å². The molecular weight excluding hydrogens is 582 g/mol. The fourth-order valence-electron chi connectivity index (χ4n) is 7.50. The zero-order chi connectivity index (χ0) is 30.7. The number of anilines is 3. The van der Waals surface area contributed by atoms with E-state index in [0.29, 0.717) is 5.02 Å². The van der Waals surface area contributed by atoms with Gasteiger partial charge in [-0.25, -0.2) is 0 Å². The molecule has 0 spiro atoms. The molecule has 1 aliphatic rings. The van der Waals surface area contributed by atoms with Crippen LogP contribution in [0.25, 0.3) is 33.1 Å². The Bertz CT molecular complexity index is 2340. The summed E-state index contributed by atoms with van der Waals surface area (Å²) < 4.78 is 6.59. The van der Waals surface area contributed by atoms with Crippen LogP contribution in [0.15, 0.2) is 174 Å². The van der Waals surface area contributed by atoms with Gasteiger partial charge < -0.3 is 9.32 Å². The Morgan fingerprint density at radius 2 is 1.09 bits per heavy atom. The van der Waals surface area contributed by atoms with Gasteiger partial charge in [0.05, 0.1) is 11.1 Å². The van der Waals surface area contributed by atoms with Gasteiger partial charge in [0, 0.05) is 27.2 Å². The fraction of sp³-hybridized carbons (Fsp3) is 0.0233. The molecule has 3 heteroatoms. The summed E-state index contributed by atoms with van der Waals surface area (Å²) >= 11 is 6.42. The Balaban J connectivity index is 1.36. The highest BCUT2D eigenvalue weighted by Gasteiger charge is 2.46. The van der Waals surface area contributed by atoms with Crippen molar-refractivity contribution < 1.29 is 4.42 Å². The maximum absolute atomic E-state index is 6.59. The van der Waals surface area contributed by atoms with Gasteiger partial charge in [-0.1, -0.05) is 133 Å². The molecule has 8 aromatic rings. The highest BCUT2D eigenvalue weighted by Crippen LogP contribution is 2.57. The average Bonchev–Trinajstić information content (AvgIpc) is 3.64. The van der Waals surface area contributed by atoms with Crippen LogP contribution in [0, 0.1) is 0 Å². The molecule has 1 aliphatic carbocycles. The third-order valence-electron chi connectivity index (χ3n) is 9.41. The summed E-state index contributed by atoms with van der Waals surface area (Å²) in [4.78, 5) is 2.30. The molecule has 0 N–H and O–H groups in total. The zero-order valence-electron chi connectivity index (χ0n) is 24.9. The lowest BCUT2D eigenvalue weighted by atomic mass is 9.67. The number of halogens is 1. The van der Waals surface area contributed by atoms with Crippen molar-refractivity contribution in [3.05, 3.63) is 197 Å². The molecule has 1 aromatic heterocycles. The highest BCUT2D eigenvalue weighted by molar-refractivity contribution is 6.30. The minimum Gasteiger partial charge on any atom is -0.454 e. The van der Waals surface area contributed by atoms with Crippen LogP contribution in [0.4, 0.5) is 17.1 Å². The largest absolute Gasteiger partial charge is 0.454 e. The van der Waals surface area contributed by atoms with Crippen molar-refractivity contribution in [2.75, 3.05) is 4.90 Å². The Morgan fingerprint density at radius 1 is 0.478 bits per heavy atom. The van der Waals surface area contributed by atoms with Gasteiger partial charge in [0.25, 0.3) is 0 Å². The number of para-hydroxylation sites is 2. The monoisotopic (exact) mass is 609 g/mol. The molecule has 2 nitrogen and oxygen atoms in total. The van der Waals surface area contributed by atoms with Gasteiger partial charge in [0.1, 0.15) is 5.58 Å². The van der Waals surface area contributed by atoms with Crippen LogP contribution in [0.1, 0.15) is 22.3 Å². The molecule has 0 radical (unpaired) electrons. The predicted octanol–water partition coefficient (Wildman–Crippen LogP) is 12.1. The minimum atomic E-state index is -0.499. The average molecular weight is 610 g/mol. The van der Waals surface area contributed by atoms with E-state index in [-0.39, 0.29) is 0 Å². The molecule has 0 unspecified atom stereocenters. The van der Waals surface area contributed by atoms with Crippen molar-refractivity contribution in [1.29, 1.82) is 0 Å². The first kappa shape index (κ1) is 26.8. The Morgan fingerprint density at radius 3 is 1.85 bits per heavy atom. The molecule has 0 amide bonds. The number of benzene rings is 7. The van der Waals surface area contributed by atoms with E-state index in [1.165, 1.54) is 33.4 Å². The van der Waals surface area contributed by atoms with Gasteiger partial charge in [-0.15, -0.1) is 0 Å². The second-order valence-electron chi connectivity index (χ2n) is 11.8. The predicted molar refractivity (Wildman–Crippen MR) is 191 cm³/mol. The van der Waals surface area contributed by atoms with E-state index >= 15 is 0 Å². The van der Waals surface area contributed by atoms with Gasteiger partial charge in [-0.05, 0) is 81.9 Å². The normalized spacial score (nSPS) is 13.1. The number of hydrogen-bond donors (Lipinski definition) is 0. The van der Waals surface area contributed by atoms with Crippen LogP contribution in [0.5, 0.6) is 0 Å². The second kappa shape index (κ2) is 10.5. The van der Waals surface area contributed by atoms with Gasteiger partial charge in [0.2, 0.25) is 0 Å². The highest BCUT2D eigenvalue weighted by atomic mass is 35.5. The third kappa shape index (κ3) is 3.90. The molecule has 46 heavy (non-hydrogen) atoms. The first-order valence-corrected chi connectivity index (χ1v) is 15.9. The molecular formula is C43H28ClNO. The summed E-state index contributed by atoms with van der Waals surface area (Å²) in [6, 6.07) is 60.3. The van der Waals surface area contributed by atoms with Crippen molar-refractivity contribution in [2.24, 2.45) is 0 Å². The first-order valence-electron chi connectivity index (χ1n) is 15.5. The lowest BCUT2D eigenvalue weighted by molar-refractivity contribution is 0.669. The summed E-state index contributed by atoms with van der Waals surface area (Å²) in [7, 11) is 0. The molecule has 9 rings (SSSR count). The number of furan rings is 1. The van der Waals surface area contributed by atoms with Crippen LogP contribution in [0.2, 0.25) is 5.02 Å². The maximum atomic E-state index is 6.59. The molecule has 1 heterocycles. The Kier molecular flexibility index (Phi) is 6.12. The maximum Gasteiger partial charge on any atom is 0.159 e. The number of fused-ring (bicyclic) bond motifs is 6. The third-order valence-corrected chi connectivity index (χ3v) is 9.66. The lowest BCUT2D eigenvalue weighted by Gasteiger charge is -2.35. The molecule has 0 saturated heterocycles. The molecule has 0 bridgehead atoms. The van der Waals surface area contributed by atoms with Crippen molar-refractivity contribution >= 4 is 50.6 Å². The quantitative estimate of drug-likeness (QED) is 0.193. The first-order chi connectivity index (χ1) is 22.7. The zero-order valence-corrected chi connectivity index (χ0v) is 25.7. The van der Waals surface area contributed by atoms with Crippen LogP contribution in [0.3, 0.4) is 0 Å². The molecule has 0 fully saturated rings. The summed E-state index contributed by atoms with van der Waals surface area (Å²) in [5.74, 6) is 0. The number of rotatable bonds is 5. The van der Waals surface area contributed by atoms with Crippen LogP contribution in [-0.2, 0) is 5.41 Å². The van der Waals surface area contributed by atoms with Crippen LogP contribution < -0.4 is 4.90 Å². The minimum absolute atomic E-state index is 0.499. The van der Waals surface area contributed by atoms with Crippen LogP contribution in [-0.4, -0.2) is 0 Å². The standard InChI is InChI=1S/C43H28ClNO/c44-31-22-24-32(25-23-31)45(40-20-11-18-37-36-17-8-10-21-41(36)46-42(37)40)33-26-27-35-34-16-7-9-19-38(34)43(39(35)28-33,29-12-3-1-4-13-29)30-14-5-2-6-15-30/h1-28H. The fourth-order valence-corrected chi connectivity index (χ4v) is 7.62. The number of hydrogen-bond acceptors (Lipinski definition) is 2. The summed E-state index contributed by atoms with van der Waals surface area (Å²) in [6.45, 7) is 0. The van der Waals surface area contributed by atoms with E-state index in [4.69, 9.17) is 16.0 Å². The summed E-state index contributed by atoms with van der Waals surface area (Å²) in [5.41, 5.74) is 11.7. The van der Waals surface area contributed by atoms with Gasteiger partial charge in [-0.3, -0.25) is 0 Å². The van der Waals surface area contributed by atoms with E-state index in [0.717, 1.165) is 39.0 Å². The van der Waals surface area contributed by atoms with Crippen molar-refractivity contribution in [2.45, 2.75) is 5.41 Å².